The van der Waals surface area contributed by atoms with E-state index in [0.29, 0.717) is 40.5 Å². The monoisotopic (exact) mass is 862 g/mol. The molecule has 6 aromatic rings. The molecule has 11 rings (SSSR count). The van der Waals surface area contributed by atoms with E-state index in [1.54, 1.807) is 25.4 Å². The first-order valence-corrected chi connectivity index (χ1v) is 21.2. The van der Waals surface area contributed by atoms with Crippen LogP contribution < -0.4 is 26.1 Å². The Kier molecular flexibility index (Phi) is 9.42. The molecule has 3 atom stereocenters. The molecule has 5 saturated heterocycles. The van der Waals surface area contributed by atoms with E-state index in [0.717, 1.165) is 64.1 Å². The molecule has 0 saturated carbocycles. The van der Waals surface area contributed by atoms with E-state index in [-0.39, 0.29) is 53.3 Å². The van der Waals surface area contributed by atoms with Gasteiger partial charge in [-0.3, -0.25) is 33.7 Å². The summed E-state index contributed by atoms with van der Waals surface area (Å²) in [6.07, 6.45) is 5.08. The fourth-order valence-corrected chi connectivity index (χ4v) is 9.95. The Balaban J connectivity index is 0.705. The number of carbonyl (C=O) groups is 3. The maximum absolute atomic E-state index is 14.3. The molecule has 1 unspecified atom stereocenters. The third-order valence-corrected chi connectivity index (χ3v) is 13.4. The van der Waals surface area contributed by atoms with Gasteiger partial charge in [0.05, 0.1) is 48.0 Å². The second kappa shape index (κ2) is 15.1. The molecule has 5 aliphatic rings. The topological polar surface area (TPSA) is 178 Å². The molecular weight excluding hydrogens is 819 g/mol. The maximum Gasteiger partial charge on any atom is 0.329 e. The number of amides is 3. The molecule has 3 amide bonds. The number of likely N-dealkylation sites (tertiary alicyclic amines) is 1. The number of nitrogens with one attached hydrogen (secondary N) is 2. The van der Waals surface area contributed by atoms with Crippen molar-refractivity contribution in [1.29, 1.82) is 0 Å². The summed E-state index contributed by atoms with van der Waals surface area (Å²) >= 11 is 0. The number of alkyl halides is 2. The van der Waals surface area contributed by atoms with E-state index in [1.165, 1.54) is 30.7 Å². The number of imidazole rings is 1. The van der Waals surface area contributed by atoms with Gasteiger partial charge in [-0.05, 0) is 74.7 Å². The van der Waals surface area contributed by atoms with Crippen LogP contribution >= 0.6 is 0 Å². The summed E-state index contributed by atoms with van der Waals surface area (Å²) in [5, 5.41) is 15.3. The molecule has 5 fully saturated rings. The van der Waals surface area contributed by atoms with Gasteiger partial charge in [0.1, 0.15) is 22.9 Å². The van der Waals surface area contributed by atoms with Gasteiger partial charge in [0, 0.05) is 51.3 Å². The van der Waals surface area contributed by atoms with Crippen molar-refractivity contribution >= 4 is 45.9 Å². The van der Waals surface area contributed by atoms with E-state index in [1.807, 2.05) is 41.5 Å². The number of rotatable bonds is 10. The van der Waals surface area contributed by atoms with Crippen molar-refractivity contribution in [3.05, 3.63) is 94.4 Å². The third-order valence-electron chi connectivity index (χ3n) is 13.4. The SMILES string of the molecule is Cn1c(=O)n(C2CCC(=O)NC2=O)c2cccc(ON3CC4(CCN(Cc5ccc(-n6cc(NC(=O)c7cnn8ccc(N9C[C@H]%10C[C@@H]9CO%10)nc78)c(C(F)F)n6)cc5)CC4)C3)c21. The number of imide groups is 1. The van der Waals surface area contributed by atoms with Crippen molar-refractivity contribution in [2.24, 2.45) is 12.5 Å². The molecular formula is C43H44F2N12O6. The number of anilines is 2. The van der Waals surface area contributed by atoms with Crippen LogP contribution in [-0.4, -0.2) is 113 Å². The number of benzene rings is 2. The molecule has 2 aromatic carbocycles. The zero-order chi connectivity index (χ0) is 43.1. The molecule has 63 heavy (non-hydrogen) atoms. The highest BCUT2D eigenvalue weighted by Gasteiger charge is 2.46. The fourth-order valence-electron chi connectivity index (χ4n) is 9.95. The average molecular weight is 863 g/mol. The van der Waals surface area contributed by atoms with Crippen molar-refractivity contribution in [3.63, 3.8) is 0 Å². The lowest BCUT2D eigenvalue weighted by atomic mass is 9.73. The number of hydrogen-bond donors (Lipinski definition) is 2. The molecule has 326 valence electrons. The number of nitrogens with zero attached hydrogens (tertiary/aromatic N) is 10. The molecule has 2 bridgehead atoms. The second-order valence-corrected chi connectivity index (χ2v) is 17.4. The van der Waals surface area contributed by atoms with Crippen LogP contribution in [0.4, 0.5) is 20.3 Å². The van der Waals surface area contributed by atoms with E-state index in [2.05, 4.69) is 30.6 Å². The van der Waals surface area contributed by atoms with Crippen molar-refractivity contribution in [2.75, 3.05) is 49.5 Å². The van der Waals surface area contributed by atoms with Crippen LogP contribution in [0.3, 0.4) is 0 Å². The number of para-hydroxylation sites is 1. The number of hydroxylamine groups is 2. The van der Waals surface area contributed by atoms with Crippen molar-refractivity contribution < 1.29 is 32.7 Å². The number of carbonyl (C=O) groups excluding carboxylic acids is 3. The lowest BCUT2D eigenvalue weighted by molar-refractivity contribution is -0.196. The van der Waals surface area contributed by atoms with Crippen LogP contribution in [0.1, 0.15) is 66.2 Å². The van der Waals surface area contributed by atoms with Gasteiger partial charge in [-0.2, -0.15) is 10.2 Å². The molecule has 0 aliphatic carbocycles. The van der Waals surface area contributed by atoms with E-state index in [9.17, 15) is 28.0 Å². The Morgan fingerprint density at radius 3 is 2.62 bits per heavy atom. The molecule has 4 aromatic heterocycles. The lowest BCUT2D eigenvalue weighted by Crippen LogP contribution is -2.61. The third kappa shape index (κ3) is 6.92. The van der Waals surface area contributed by atoms with Crippen LogP contribution in [0.15, 0.2) is 71.9 Å². The Labute approximate surface area is 357 Å². The Bertz CT molecular complexity index is 2850. The van der Waals surface area contributed by atoms with Gasteiger partial charge in [-0.15, -0.1) is 5.06 Å². The standard InChI is InChI=1S/C43H44F2N12O6/c1-51-37-31(57(42(51)61)32-9-10-35(58)49-41(32)60)3-2-4-33(37)63-53-23-43(24-53)12-15-52(16-13-43)19-25-5-7-26(8-6-25)56-21-30(36(50-56)38(44)45)47-40(59)29-18-46-55-14-11-34(48-39(29)55)54-20-28-17-27(54)22-62-28/h2-8,11,14,18,21,27-28,32,38H,9-10,12-13,15-17,19-20,22-24H2,1H3,(H,47,59)(H,49,58,60)/t27-,28-,32?/m1/s1. The number of ether oxygens (including phenoxy) is 1. The zero-order valence-electron chi connectivity index (χ0n) is 34.3. The summed E-state index contributed by atoms with van der Waals surface area (Å²) < 4.78 is 40.1. The van der Waals surface area contributed by atoms with Gasteiger partial charge in [0.2, 0.25) is 11.8 Å². The number of aromatic nitrogens is 7. The summed E-state index contributed by atoms with van der Waals surface area (Å²) in [7, 11) is 1.66. The van der Waals surface area contributed by atoms with Crippen LogP contribution in [-0.2, 0) is 27.9 Å². The normalized spacial score (nSPS) is 22.4. The van der Waals surface area contributed by atoms with E-state index >= 15 is 0 Å². The smallest absolute Gasteiger partial charge is 0.329 e. The first kappa shape index (κ1) is 39.3. The Hall–Kier alpha value is -6.51. The van der Waals surface area contributed by atoms with Crippen LogP contribution in [0.2, 0.25) is 0 Å². The molecule has 1 spiro atoms. The fraction of sp³-hybridized carbons (Fsp3) is 0.419. The molecule has 5 aliphatic heterocycles. The summed E-state index contributed by atoms with van der Waals surface area (Å²) in [6, 6.07) is 14.3. The first-order valence-electron chi connectivity index (χ1n) is 21.2. The van der Waals surface area contributed by atoms with Gasteiger partial charge >= 0.3 is 5.69 Å². The zero-order valence-corrected chi connectivity index (χ0v) is 34.3. The molecule has 0 radical (unpaired) electrons. The highest BCUT2D eigenvalue weighted by atomic mass is 19.3. The van der Waals surface area contributed by atoms with Crippen molar-refractivity contribution in [1.82, 2.24) is 48.8 Å². The average Bonchev–Trinajstić information content (AvgIpc) is 4.11. The van der Waals surface area contributed by atoms with Crippen LogP contribution in [0.5, 0.6) is 5.75 Å². The molecule has 18 nitrogen and oxygen atoms in total. The molecule has 20 heteroatoms. The van der Waals surface area contributed by atoms with Crippen molar-refractivity contribution in [2.45, 2.75) is 63.3 Å². The van der Waals surface area contributed by atoms with Crippen LogP contribution in [0.25, 0.3) is 22.4 Å². The second-order valence-electron chi connectivity index (χ2n) is 17.4. The highest BCUT2D eigenvalue weighted by molar-refractivity contribution is 6.08. The summed E-state index contributed by atoms with van der Waals surface area (Å²) in [5.41, 5.74) is 2.42. The summed E-state index contributed by atoms with van der Waals surface area (Å²) in [6.45, 7) is 5.35. The van der Waals surface area contributed by atoms with Gasteiger partial charge in [0.25, 0.3) is 12.3 Å². The minimum atomic E-state index is -2.93. The number of aryl methyl sites for hydroxylation is 1. The number of piperidine rings is 2. The minimum Gasteiger partial charge on any atom is -0.404 e. The van der Waals surface area contributed by atoms with Gasteiger partial charge in [-0.1, -0.05) is 18.2 Å². The Morgan fingerprint density at radius 2 is 1.89 bits per heavy atom. The maximum atomic E-state index is 14.3. The highest BCUT2D eigenvalue weighted by Crippen LogP contribution is 2.42. The van der Waals surface area contributed by atoms with E-state index in [4.69, 9.17) is 14.6 Å². The van der Waals surface area contributed by atoms with Gasteiger partial charge < -0.3 is 19.8 Å². The number of fused-ring (bicyclic) bond motifs is 4. The van der Waals surface area contributed by atoms with Gasteiger partial charge in [0.15, 0.2) is 17.1 Å². The largest absolute Gasteiger partial charge is 0.404 e. The first-order chi connectivity index (χ1) is 30.5. The molecule has 9 heterocycles. The number of halogens is 2. The lowest BCUT2D eigenvalue weighted by Gasteiger charge is -2.52. The predicted molar refractivity (Wildman–Crippen MR) is 223 cm³/mol. The van der Waals surface area contributed by atoms with Crippen LogP contribution in [0, 0.1) is 5.41 Å². The van der Waals surface area contributed by atoms with Crippen molar-refractivity contribution in [3.8, 4) is 11.4 Å². The van der Waals surface area contributed by atoms with Gasteiger partial charge in [-0.25, -0.2) is 27.8 Å². The van der Waals surface area contributed by atoms with E-state index < -0.39 is 30.0 Å². The summed E-state index contributed by atoms with van der Waals surface area (Å²) in [4.78, 5) is 66.9. The summed E-state index contributed by atoms with van der Waals surface area (Å²) in [5.74, 6) is -0.191. The quantitative estimate of drug-likeness (QED) is 0.192. The minimum absolute atomic E-state index is 0.0997. The molecule has 2 N–H and O–H groups in total. The number of morpholine rings is 1. The number of hydrogen-bond acceptors (Lipinski definition) is 12. The predicted octanol–water partition coefficient (Wildman–Crippen LogP) is 3.61. The Morgan fingerprint density at radius 1 is 1.08 bits per heavy atom.